The number of hydrogen-bond donors (Lipinski definition) is 1. The van der Waals surface area contributed by atoms with Gasteiger partial charge in [-0.2, -0.15) is 0 Å². The Morgan fingerprint density at radius 1 is 0.925 bits per heavy atom. The fourth-order valence-corrected chi connectivity index (χ4v) is 5.76. The second-order valence-electron chi connectivity index (χ2n) is 9.33. The van der Waals surface area contributed by atoms with Crippen molar-refractivity contribution >= 4 is 50.7 Å². The third kappa shape index (κ3) is 7.68. The molecular formula is C29H33Cl2N3O5S. The van der Waals surface area contributed by atoms with Gasteiger partial charge in [-0.05, 0) is 69.7 Å². The zero-order chi connectivity index (χ0) is 29.4. The molecule has 0 radical (unpaired) electrons. The van der Waals surface area contributed by atoms with Gasteiger partial charge in [-0.3, -0.25) is 13.9 Å². The van der Waals surface area contributed by atoms with E-state index >= 15 is 0 Å². The third-order valence-electron chi connectivity index (χ3n) is 5.98. The maximum atomic E-state index is 14.0. The van der Waals surface area contributed by atoms with Crippen molar-refractivity contribution in [3.63, 3.8) is 0 Å². The maximum absolute atomic E-state index is 14.0. The summed E-state index contributed by atoms with van der Waals surface area (Å²) in [5.41, 5.74) is 0.828. The fraction of sp³-hybridized carbons (Fsp3) is 0.310. The van der Waals surface area contributed by atoms with E-state index in [-0.39, 0.29) is 29.1 Å². The quantitative estimate of drug-likeness (QED) is 0.293. The lowest BCUT2D eigenvalue weighted by molar-refractivity contribution is -0.139. The molecule has 3 aromatic rings. The number of nitrogens with zero attached hydrogens (tertiary/aromatic N) is 2. The van der Waals surface area contributed by atoms with Crippen LogP contribution in [0, 0.1) is 0 Å². The van der Waals surface area contributed by atoms with E-state index in [1.807, 2.05) is 13.8 Å². The molecule has 0 spiro atoms. The average molecular weight is 607 g/mol. The van der Waals surface area contributed by atoms with E-state index in [0.717, 1.165) is 4.31 Å². The number of nitrogens with one attached hydrogen (secondary N) is 1. The van der Waals surface area contributed by atoms with Gasteiger partial charge in [0.1, 0.15) is 18.3 Å². The molecule has 11 heteroatoms. The molecule has 0 saturated heterocycles. The van der Waals surface area contributed by atoms with E-state index in [1.165, 1.54) is 17.0 Å². The second kappa shape index (κ2) is 13.9. The van der Waals surface area contributed by atoms with Gasteiger partial charge in [0, 0.05) is 12.6 Å². The van der Waals surface area contributed by atoms with Gasteiger partial charge in [-0.1, -0.05) is 59.6 Å². The van der Waals surface area contributed by atoms with Crippen LogP contribution in [-0.4, -0.2) is 50.4 Å². The molecule has 0 saturated carbocycles. The predicted molar refractivity (Wildman–Crippen MR) is 158 cm³/mol. The highest BCUT2D eigenvalue weighted by Crippen LogP contribution is 2.33. The standard InChI is InChI=1S/C29H33Cl2N3O5S/c1-5-39-27-14-10-9-13-26(27)34(40(37,38)23-11-7-6-8-12-23)19-28(35)33(21(4)29(36)32-20(2)3)18-22-15-16-24(30)25(31)17-22/h6-17,20-21H,5,18-19H2,1-4H3,(H,32,36)/t21-/m0/s1. The maximum Gasteiger partial charge on any atom is 0.264 e. The Kier molecular flexibility index (Phi) is 10.8. The Hall–Kier alpha value is -3.27. The molecular weight excluding hydrogens is 573 g/mol. The van der Waals surface area contributed by atoms with Gasteiger partial charge in [-0.25, -0.2) is 8.42 Å². The van der Waals surface area contributed by atoms with Gasteiger partial charge in [0.15, 0.2) is 0 Å². The average Bonchev–Trinajstić information content (AvgIpc) is 2.92. The molecule has 3 aromatic carbocycles. The minimum atomic E-state index is -4.21. The first-order chi connectivity index (χ1) is 18.9. The van der Waals surface area contributed by atoms with Gasteiger partial charge in [0.05, 0.1) is 27.2 Å². The van der Waals surface area contributed by atoms with Gasteiger partial charge < -0.3 is 15.0 Å². The molecule has 0 aliphatic heterocycles. The van der Waals surface area contributed by atoms with Gasteiger partial charge in [0.25, 0.3) is 10.0 Å². The topological polar surface area (TPSA) is 96.0 Å². The van der Waals surface area contributed by atoms with Crippen LogP contribution in [0.4, 0.5) is 5.69 Å². The molecule has 0 aromatic heterocycles. The highest BCUT2D eigenvalue weighted by molar-refractivity contribution is 7.92. The lowest BCUT2D eigenvalue weighted by Crippen LogP contribution is -2.52. The zero-order valence-electron chi connectivity index (χ0n) is 22.8. The van der Waals surface area contributed by atoms with Gasteiger partial charge in [-0.15, -0.1) is 0 Å². The summed E-state index contributed by atoms with van der Waals surface area (Å²) in [6.07, 6.45) is 0. The lowest BCUT2D eigenvalue weighted by atomic mass is 10.1. The molecule has 214 valence electrons. The summed E-state index contributed by atoms with van der Waals surface area (Å²) in [5.74, 6) is -0.669. The summed E-state index contributed by atoms with van der Waals surface area (Å²) in [5, 5.41) is 3.46. The zero-order valence-corrected chi connectivity index (χ0v) is 25.1. The molecule has 8 nitrogen and oxygen atoms in total. The van der Waals surface area contributed by atoms with Crippen LogP contribution in [0.2, 0.25) is 10.0 Å². The summed E-state index contributed by atoms with van der Waals surface area (Å²) in [6.45, 7) is 6.71. The summed E-state index contributed by atoms with van der Waals surface area (Å²) in [7, 11) is -4.21. The molecule has 0 unspecified atom stereocenters. The number of amides is 2. The number of benzene rings is 3. The highest BCUT2D eigenvalue weighted by atomic mass is 35.5. The molecule has 0 aliphatic rings. The molecule has 40 heavy (non-hydrogen) atoms. The SMILES string of the molecule is CCOc1ccccc1N(CC(=O)N(Cc1ccc(Cl)c(Cl)c1)[C@@H](C)C(=O)NC(C)C)S(=O)(=O)c1ccccc1. The van der Waals surface area contributed by atoms with Crippen LogP contribution in [0.5, 0.6) is 5.75 Å². The number of para-hydroxylation sites is 2. The van der Waals surface area contributed by atoms with Crippen molar-refractivity contribution in [1.82, 2.24) is 10.2 Å². The van der Waals surface area contributed by atoms with Crippen LogP contribution in [-0.2, 0) is 26.2 Å². The number of rotatable bonds is 12. The molecule has 3 rings (SSSR count). The van der Waals surface area contributed by atoms with E-state index in [2.05, 4.69) is 5.32 Å². The smallest absolute Gasteiger partial charge is 0.264 e. The molecule has 0 aliphatic carbocycles. The van der Waals surface area contributed by atoms with Crippen molar-refractivity contribution < 1.29 is 22.7 Å². The van der Waals surface area contributed by atoms with Crippen LogP contribution >= 0.6 is 23.2 Å². The number of carbonyl (C=O) groups is 2. The van der Waals surface area contributed by atoms with E-state index in [0.29, 0.717) is 28.0 Å². The number of halogens is 2. The number of hydrogen-bond acceptors (Lipinski definition) is 5. The van der Waals surface area contributed by atoms with E-state index < -0.39 is 28.5 Å². The molecule has 1 N–H and O–H groups in total. The van der Waals surface area contributed by atoms with Crippen molar-refractivity contribution in [2.24, 2.45) is 0 Å². The number of anilines is 1. The van der Waals surface area contributed by atoms with Crippen LogP contribution in [0.15, 0.2) is 77.7 Å². The Labute approximate surface area is 245 Å². The minimum absolute atomic E-state index is 0.00522. The van der Waals surface area contributed by atoms with Gasteiger partial charge in [0.2, 0.25) is 11.8 Å². The second-order valence-corrected chi connectivity index (χ2v) is 12.0. The van der Waals surface area contributed by atoms with Crippen LogP contribution in [0.1, 0.15) is 33.3 Å². The molecule has 1 atom stereocenters. The lowest BCUT2D eigenvalue weighted by Gasteiger charge is -2.32. The van der Waals surface area contributed by atoms with Crippen molar-refractivity contribution in [3.8, 4) is 5.75 Å². The third-order valence-corrected chi connectivity index (χ3v) is 8.49. The first kappa shape index (κ1) is 31.3. The number of sulfonamides is 1. The summed E-state index contributed by atoms with van der Waals surface area (Å²) < 4.78 is 34.6. The minimum Gasteiger partial charge on any atom is -0.492 e. The first-order valence-corrected chi connectivity index (χ1v) is 15.0. The fourth-order valence-electron chi connectivity index (χ4n) is 4.00. The van der Waals surface area contributed by atoms with E-state index in [9.17, 15) is 18.0 Å². The number of ether oxygens (including phenoxy) is 1. The Balaban J connectivity index is 2.08. The number of carbonyl (C=O) groups excluding carboxylic acids is 2. The summed E-state index contributed by atoms with van der Waals surface area (Å²) >= 11 is 12.3. The van der Waals surface area contributed by atoms with Crippen molar-refractivity contribution in [2.75, 3.05) is 17.5 Å². The summed E-state index contributed by atoms with van der Waals surface area (Å²) in [4.78, 5) is 28.4. The van der Waals surface area contributed by atoms with E-state index in [1.54, 1.807) is 74.5 Å². The summed E-state index contributed by atoms with van der Waals surface area (Å²) in [6, 6.07) is 18.3. The van der Waals surface area contributed by atoms with Crippen LogP contribution < -0.4 is 14.4 Å². The normalized spacial score (nSPS) is 12.1. The Morgan fingerprint density at radius 2 is 1.57 bits per heavy atom. The Bertz CT molecular complexity index is 1430. The van der Waals surface area contributed by atoms with Crippen molar-refractivity contribution in [2.45, 2.75) is 51.2 Å². The monoisotopic (exact) mass is 605 g/mol. The molecule has 0 fully saturated rings. The Morgan fingerprint density at radius 3 is 2.20 bits per heavy atom. The largest absolute Gasteiger partial charge is 0.492 e. The van der Waals surface area contributed by atoms with E-state index in [4.69, 9.17) is 27.9 Å². The van der Waals surface area contributed by atoms with Gasteiger partial charge >= 0.3 is 0 Å². The van der Waals surface area contributed by atoms with Crippen molar-refractivity contribution in [3.05, 3.63) is 88.4 Å². The first-order valence-electron chi connectivity index (χ1n) is 12.8. The van der Waals surface area contributed by atoms with Crippen LogP contribution in [0.25, 0.3) is 0 Å². The molecule has 2 amide bonds. The highest BCUT2D eigenvalue weighted by Gasteiger charge is 2.34. The van der Waals surface area contributed by atoms with Crippen LogP contribution in [0.3, 0.4) is 0 Å². The molecule has 0 bridgehead atoms. The van der Waals surface area contributed by atoms with Crippen molar-refractivity contribution in [1.29, 1.82) is 0 Å². The molecule has 0 heterocycles. The predicted octanol–water partition coefficient (Wildman–Crippen LogP) is 5.53.